The van der Waals surface area contributed by atoms with E-state index in [0.717, 1.165) is 6.29 Å². The van der Waals surface area contributed by atoms with Crippen LogP contribution in [0.3, 0.4) is 0 Å². The molecule has 0 aliphatic carbocycles. The predicted molar refractivity (Wildman–Crippen MR) is 95.6 cm³/mol. The zero-order valence-electron chi connectivity index (χ0n) is 12.8. The molecule has 23 heavy (non-hydrogen) atoms. The van der Waals surface area contributed by atoms with Gasteiger partial charge < -0.3 is 5.73 Å². The Morgan fingerprint density at radius 3 is 2.83 bits per heavy atom. The topological polar surface area (TPSA) is 72.5 Å². The van der Waals surface area contributed by atoms with Gasteiger partial charge in [0.2, 0.25) is 0 Å². The second kappa shape index (κ2) is 7.62. The van der Waals surface area contributed by atoms with Gasteiger partial charge in [-0.3, -0.25) is 9.59 Å². The van der Waals surface area contributed by atoms with Gasteiger partial charge in [0, 0.05) is 27.3 Å². The number of ketones is 1. The van der Waals surface area contributed by atoms with Crippen molar-refractivity contribution in [1.82, 2.24) is 0 Å². The lowest BCUT2D eigenvalue weighted by molar-refractivity contribution is -0.104. The third kappa shape index (κ3) is 4.12. The molecule has 1 aromatic rings. The molecule has 4 nitrogen and oxygen atoms in total. The Kier molecular flexibility index (Phi) is 5.80. The zero-order valence-corrected chi connectivity index (χ0v) is 14.4. The minimum atomic E-state index is -0.373. The minimum absolute atomic E-state index is 0.0479. The van der Waals surface area contributed by atoms with Crippen molar-refractivity contribution >= 4 is 40.5 Å². The van der Waals surface area contributed by atoms with Crippen molar-refractivity contribution in [1.29, 1.82) is 0 Å². The van der Waals surface area contributed by atoms with Gasteiger partial charge in [-0.1, -0.05) is 48.5 Å². The van der Waals surface area contributed by atoms with Crippen molar-refractivity contribution < 1.29 is 9.59 Å². The molecule has 0 bridgehead atoms. The van der Waals surface area contributed by atoms with E-state index in [1.54, 1.807) is 43.3 Å². The molecule has 1 aromatic carbocycles. The molecule has 6 heteroatoms. The molecule has 2 unspecified atom stereocenters. The highest BCUT2D eigenvalue weighted by Crippen LogP contribution is 2.37. The molecule has 0 saturated carbocycles. The van der Waals surface area contributed by atoms with Crippen LogP contribution in [0.15, 0.2) is 52.1 Å². The summed E-state index contributed by atoms with van der Waals surface area (Å²) >= 11 is 7.20. The number of thioether (sulfide) groups is 1. The molecule has 1 aliphatic heterocycles. The van der Waals surface area contributed by atoms with E-state index in [0.29, 0.717) is 26.4 Å². The van der Waals surface area contributed by atoms with E-state index in [2.05, 4.69) is 4.99 Å². The van der Waals surface area contributed by atoms with Crippen molar-refractivity contribution in [2.24, 2.45) is 22.6 Å². The number of hydrogen-bond acceptors (Lipinski definition) is 5. The van der Waals surface area contributed by atoms with Crippen molar-refractivity contribution in [3.8, 4) is 0 Å². The molecular formula is C17H17ClN2O2S. The SMILES string of the molecule is C/C=C(N)\N=C1\SC(C=O)=CC1C(C)C(=O)c1cccc(Cl)c1. The Morgan fingerprint density at radius 1 is 1.48 bits per heavy atom. The van der Waals surface area contributed by atoms with Gasteiger partial charge in [-0.25, -0.2) is 4.99 Å². The summed E-state index contributed by atoms with van der Waals surface area (Å²) in [6.07, 6.45) is 4.21. The van der Waals surface area contributed by atoms with Crippen LogP contribution in [0.5, 0.6) is 0 Å². The summed E-state index contributed by atoms with van der Waals surface area (Å²) in [5.41, 5.74) is 6.30. The lowest BCUT2D eigenvalue weighted by Crippen LogP contribution is -2.23. The van der Waals surface area contributed by atoms with Crippen molar-refractivity contribution in [3.63, 3.8) is 0 Å². The molecule has 2 N–H and O–H groups in total. The Balaban J connectivity index is 2.32. The average Bonchev–Trinajstić information content (AvgIpc) is 2.96. The molecule has 1 aliphatic rings. The number of benzene rings is 1. The van der Waals surface area contributed by atoms with Gasteiger partial charge in [0.25, 0.3) is 0 Å². The molecule has 1 heterocycles. The second-order valence-corrected chi connectivity index (χ2v) is 6.67. The summed E-state index contributed by atoms with van der Waals surface area (Å²) in [7, 11) is 0. The first-order chi connectivity index (χ1) is 11.0. The number of carbonyl (C=O) groups is 2. The maximum atomic E-state index is 12.7. The summed E-state index contributed by atoms with van der Waals surface area (Å²) in [5, 5.41) is 1.17. The van der Waals surface area contributed by atoms with Crippen molar-refractivity contribution in [2.75, 3.05) is 0 Å². The van der Waals surface area contributed by atoms with E-state index in [1.165, 1.54) is 11.8 Å². The normalized spacial score (nSPS) is 21.2. The first-order valence-electron chi connectivity index (χ1n) is 7.11. The molecule has 0 saturated heterocycles. The molecule has 2 atom stereocenters. The molecule has 2 rings (SSSR count). The van der Waals surface area contributed by atoms with Gasteiger partial charge >= 0.3 is 0 Å². The molecule has 0 spiro atoms. The fourth-order valence-electron chi connectivity index (χ4n) is 2.25. The fourth-order valence-corrected chi connectivity index (χ4v) is 3.50. The summed E-state index contributed by atoms with van der Waals surface area (Å²) < 4.78 is 0. The Bertz CT molecular complexity index is 725. The quantitative estimate of drug-likeness (QED) is 0.648. The van der Waals surface area contributed by atoms with E-state index < -0.39 is 0 Å². The largest absolute Gasteiger partial charge is 0.384 e. The van der Waals surface area contributed by atoms with Crippen LogP contribution in [0.2, 0.25) is 5.02 Å². The van der Waals surface area contributed by atoms with E-state index in [-0.39, 0.29) is 17.6 Å². The van der Waals surface area contributed by atoms with Crippen molar-refractivity contribution in [2.45, 2.75) is 13.8 Å². The van der Waals surface area contributed by atoms with E-state index in [4.69, 9.17) is 17.3 Å². The number of allylic oxidation sites excluding steroid dienone is 3. The van der Waals surface area contributed by atoms with Gasteiger partial charge in [-0.05, 0) is 25.1 Å². The number of hydrogen-bond donors (Lipinski definition) is 1. The number of aliphatic imine (C=N–C) groups is 1. The van der Waals surface area contributed by atoms with Gasteiger partial charge in [0.05, 0.1) is 5.04 Å². The Hall–Kier alpha value is -1.85. The maximum Gasteiger partial charge on any atom is 0.166 e. The monoisotopic (exact) mass is 348 g/mol. The minimum Gasteiger partial charge on any atom is -0.384 e. The maximum absolute atomic E-state index is 12.7. The first-order valence-corrected chi connectivity index (χ1v) is 8.30. The lowest BCUT2D eigenvalue weighted by Gasteiger charge is -2.17. The highest BCUT2D eigenvalue weighted by Gasteiger charge is 2.33. The number of carbonyl (C=O) groups excluding carboxylic acids is 2. The van der Waals surface area contributed by atoms with Gasteiger partial charge in [0.15, 0.2) is 12.1 Å². The predicted octanol–water partition coefficient (Wildman–Crippen LogP) is 3.82. The number of Topliss-reactive ketones (excluding diaryl/α,β-unsaturated/α-hetero) is 1. The average molecular weight is 349 g/mol. The number of rotatable bonds is 5. The van der Waals surface area contributed by atoms with Crippen molar-refractivity contribution in [3.05, 3.63) is 57.7 Å². The molecule has 0 fully saturated rings. The Morgan fingerprint density at radius 2 is 2.22 bits per heavy atom. The van der Waals surface area contributed by atoms with Crippen LogP contribution in [0.1, 0.15) is 24.2 Å². The molecular weight excluding hydrogens is 332 g/mol. The van der Waals surface area contributed by atoms with E-state index >= 15 is 0 Å². The van der Waals surface area contributed by atoms with Gasteiger partial charge in [-0.2, -0.15) is 0 Å². The highest BCUT2D eigenvalue weighted by atomic mass is 35.5. The standard InChI is InChI=1S/C17H17ClN2O2S/c1-3-15(19)20-17-14(8-13(9-21)23-17)10(2)16(22)11-5-4-6-12(18)7-11/h3-10,14H,19H2,1-2H3/b15-3-,20-17+. The highest BCUT2D eigenvalue weighted by molar-refractivity contribution is 8.18. The molecule has 120 valence electrons. The van der Waals surface area contributed by atoms with E-state index in [1.807, 2.05) is 6.92 Å². The van der Waals surface area contributed by atoms with Crippen LogP contribution in [0.25, 0.3) is 0 Å². The second-order valence-electron chi connectivity index (χ2n) is 5.14. The van der Waals surface area contributed by atoms with E-state index in [9.17, 15) is 9.59 Å². The molecule has 0 amide bonds. The number of nitrogens with zero attached hydrogens (tertiary/aromatic N) is 1. The third-order valence-corrected chi connectivity index (χ3v) is 4.84. The third-order valence-electron chi connectivity index (χ3n) is 3.56. The fraction of sp³-hybridized carbons (Fsp3) is 0.235. The van der Waals surface area contributed by atoms with Crippen LogP contribution in [-0.2, 0) is 4.79 Å². The number of nitrogens with two attached hydrogens (primary N) is 1. The van der Waals surface area contributed by atoms with Crippen LogP contribution in [0.4, 0.5) is 0 Å². The van der Waals surface area contributed by atoms with Gasteiger partial charge in [0.1, 0.15) is 5.82 Å². The Labute approximate surface area is 144 Å². The van der Waals surface area contributed by atoms with Crippen LogP contribution >= 0.6 is 23.4 Å². The first kappa shape index (κ1) is 17.5. The van der Waals surface area contributed by atoms with Crippen LogP contribution in [0, 0.1) is 11.8 Å². The number of halogens is 1. The summed E-state index contributed by atoms with van der Waals surface area (Å²) in [6, 6.07) is 6.84. The zero-order chi connectivity index (χ0) is 17.0. The molecule has 0 radical (unpaired) electrons. The summed E-state index contributed by atoms with van der Waals surface area (Å²) in [4.78, 5) is 28.6. The summed E-state index contributed by atoms with van der Waals surface area (Å²) in [5.74, 6) is -0.333. The van der Waals surface area contributed by atoms with Gasteiger partial charge in [-0.15, -0.1) is 0 Å². The van der Waals surface area contributed by atoms with Crippen LogP contribution in [-0.4, -0.2) is 17.1 Å². The molecule has 0 aromatic heterocycles. The smallest absolute Gasteiger partial charge is 0.166 e. The lowest BCUT2D eigenvalue weighted by atomic mass is 9.87. The number of aldehydes is 1. The van der Waals surface area contributed by atoms with Crippen LogP contribution < -0.4 is 5.73 Å². The summed E-state index contributed by atoms with van der Waals surface area (Å²) in [6.45, 7) is 3.60.